The second kappa shape index (κ2) is 7.65. The maximum atomic E-state index is 10.0. The lowest BCUT2D eigenvalue weighted by molar-refractivity contribution is 0.0808. The molecular formula is C17H26O3. The minimum absolute atomic E-state index is 0.157. The van der Waals surface area contributed by atoms with Crippen LogP contribution in [0.3, 0.4) is 0 Å². The van der Waals surface area contributed by atoms with Crippen molar-refractivity contribution in [3.05, 3.63) is 29.8 Å². The summed E-state index contributed by atoms with van der Waals surface area (Å²) in [6.45, 7) is 2.72. The molecule has 0 aromatic heterocycles. The van der Waals surface area contributed by atoms with E-state index in [1.54, 1.807) is 0 Å². The Morgan fingerprint density at radius 3 is 2.95 bits per heavy atom. The van der Waals surface area contributed by atoms with Gasteiger partial charge in [0.05, 0.1) is 18.8 Å². The van der Waals surface area contributed by atoms with Crippen molar-refractivity contribution >= 4 is 0 Å². The van der Waals surface area contributed by atoms with Crippen LogP contribution in [-0.4, -0.2) is 22.9 Å². The Balaban J connectivity index is 1.87. The zero-order valence-electron chi connectivity index (χ0n) is 12.3. The predicted molar refractivity (Wildman–Crippen MR) is 79.8 cm³/mol. The van der Waals surface area contributed by atoms with Crippen molar-refractivity contribution in [2.75, 3.05) is 6.61 Å². The van der Waals surface area contributed by atoms with E-state index in [1.165, 1.54) is 0 Å². The first-order chi connectivity index (χ1) is 9.69. The van der Waals surface area contributed by atoms with Crippen LogP contribution < -0.4 is 4.74 Å². The van der Waals surface area contributed by atoms with Gasteiger partial charge in [-0.1, -0.05) is 31.9 Å². The minimum atomic E-state index is -0.403. The van der Waals surface area contributed by atoms with Crippen LogP contribution >= 0.6 is 0 Å². The topological polar surface area (TPSA) is 49.7 Å². The molecule has 1 aromatic rings. The summed E-state index contributed by atoms with van der Waals surface area (Å²) in [5, 5.41) is 19.7. The van der Waals surface area contributed by atoms with E-state index < -0.39 is 6.10 Å². The standard InChI is InChI=1S/C17H26O3/c1-2-5-17(19)14-7-4-9-16(11-14)20-12-13-6-3-8-15(18)10-13/h4,7,9,11,13,15,17-19H,2-3,5-6,8,10,12H2,1H3/t13-,15-,17-/m1/s1. The van der Waals surface area contributed by atoms with Gasteiger partial charge in [-0.25, -0.2) is 0 Å². The van der Waals surface area contributed by atoms with Crippen LogP contribution in [0.5, 0.6) is 5.75 Å². The van der Waals surface area contributed by atoms with Crippen molar-refractivity contribution in [3.63, 3.8) is 0 Å². The summed E-state index contributed by atoms with van der Waals surface area (Å²) in [7, 11) is 0. The monoisotopic (exact) mass is 278 g/mol. The summed E-state index contributed by atoms with van der Waals surface area (Å²) in [5.41, 5.74) is 0.924. The highest BCUT2D eigenvalue weighted by Crippen LogP contribution is 2.26. The Morgan fingerprint density at radius 2 is 2.20 bits per heavy atom. The van der Waals surface area contributed by atoms with Crippen molar-refractivity contribution < 1.29 is 14.9 Å². The summed E-state index contributed by atoms with van der Waals surface area (Å²) >= 11 is 0. The second-order valence-corrected chi connectivity index (χ2v) is 5.87. The Morgan fingerprint density at radius 1 is 1.35 bits per heavy atom. The van der Waals surface area contributed by atoms with E-state index in [-0.39, 0.29) is 6.10 Å². The van der Waals surface area contributed by atoms with E-state index in [0.717, 1.165) is 49.8 Å². The highest BCUT2D eigenvalue weighted by Gasteiger charge is 2.20. The molecule has 0 amide bonds. The van der Waals surface area contributed by atoms with Gasteiger partial charge in [-0.15, -0.1) is 0 Å². The largest absolute Gasteiger partial charge is 0.493 e. The summed E-state index contributed by atoms with van der Waals surface area (Å²) in [6, 6.07) is 7.73. The molecule has 1 saturated carbocycles. The fraction of sp³-hybridized carbons (Fsp3) is 0.647. The number of hydrogen-bond acceptors (Lipinski definition) is 3. The van der Waals surface area contributed by atoms with Gasteiger partial charge in [0.2, 0.25) is 0 Å². The van der Waals surface area contributed by atoms with Crippen LogP contribution in [0.4, 0.5) is 0 Å². The van der Waals surface area contributed by atoms with Gasteiger partial charge in [0.1, 0.15) is 5.75 Å². The fourth-order valence-corrected chi connectivity index (χ4v) is 2.88. The summed E-state index contributed by atoms with van der Waals surface area (Å²) in [6.07, 6.45) is 5.17. The molecule has 1 aliphatic rings. The highest BCUT2D eigenvalue weighted by molar-refractivity contribution is 5.29. The third-order valence-corrected chi connectivity index (χ3v) is 4.05. The SMILES string of the molecule is CCC[C@@H](O)c1cccc(OC[C@@H]2CCC[C@@H](O)C2)c1. The molecule has 0 saturated heterocycles. The summed E-state index contributed by atoms with van der Waals surface area (Å²) < 4.78 is 5.84. The average Bonchev–Trinajstić information content (AvgIpc) is 2.46. The van der Waals surface area contributed by atoms with Crippen LogP contribution in [0.2, 0.25) is 0 Å². The van der Waals surface area contributed by atoms with E-state index in [2.05, 4.69) is 6.92 Å². The molecule has 3 atom stereocenters. The van der Waals surface area contributed by atoms with Crippen LogP contribution in [0.1, 0.15) is 57.1 Å². The Bertz CT molecular complexity index is 405. The first-order valence-corrected chi connectivity index (χ1v) is 7.78. The number of benzene rings is 1. The molecule has 1 aliphatic carbocycles. The summed E-state index contributed by atoms with van der Waals surface area (Å²) in [4.78, 5) is 0. The molecule has 0 spiro atoms. The first kappa shape index (κ1) is 15.3. The summed E-state index contributed by atoms with van der Waals surface area (Å²) in [5.74, 6) is 1.26. The lowest BCUT2D eigenvalue weighted by Crippen LogP contribution is -2.24. The van der Waals surface area contributed by atoms with Crippen molar-refractivity contribution in [2.45, 2.75) is 57.7 Å². The highest BCUT2D eigenvalue weighted by atomic mass is 16.5. The molecule has 2 rings (SSSR count). The first-order valence-electron chi connectivity index (χ1n) is 7.78. The number of hydrogen-bond donors (Lipinski definition) is 2. The molecule has 0 radical (unpaired) electrons. The molecule has 20 heavy (non-hydrogen) atoms. The molecule has 0 aliphatic heterocycles. The van der Waals surface area contributed by atoms with Gasteiger partial charge in [-0.05, 0) is 49.3 Å². The van der Waals surface area contributed by atoms with Crippen LogP contribution in [0.15, 0.2) is 24.3 Å². The van der Waals surface area contributed by atoms with E-state index in [9.17, 15) is 10.2 Å². The normalized spacial score (nSPS) is 24.4. The molecule has 3 nitrogen and oxygen atoms in total. The van der Waals surface area contributed by atoms with Crippen molar-refractivity contribution in [1.82, 2.24) is 0 Å². The fourth-order valence-electron chi connectivity index (χ4n) is 2.88. The zero-order chi connectivity index (χ0) is 14.4. The van der Waals surface area contributed by atoms with Crippen molar-refractivity contribution in [3.8, 4) is 5.75 Å². The van der Waals surface area contributed by atoms with Crippen LogP contribution in [0.25, 0.3) is 0 Å². The molecule has 0 heterocycles. The maximum Gasteiger partial charge on any atom is 0.119 e. The van der Waals surface area contributed by atoms with Gasteiger partial charge >= 0.3 is 0 Å². The number of aliphatic hydroxyl groups excluding tert-OH is 2. The van der Waals surface area contributed by atoms with E-state index in [4.69, 9.17) is 4.74 Å². The Hall–Kier alpha value is -1.06. The smallest absolute Gasteiger partial charge is 0.119 e. The zero-order valence-corrected chi connectivity index (χ0v) is 12.3. The Labute approximate surface area is 121 Å². The van der Waals surface area contributed by atoms with Gasteiger partial charge in [0.15, 0.2) is 0 Å². The van der Waals surface area contributed by atoms with Crippen LogP contribution in [-0.2, 0) is 0 Å². The second-order valence-electron chi connectivity index (χ2n) is 5.87. The molecule has 1 aromatic carbocycles. The molecule has 2 N–H and O–H groups in total. The van der Waals surface area contributed by atoms with Crippen molar-refractivity contribution in [2.24, 2.45) is 5.92 Å². The third-order valence-electron chi connectivity index (χ3n) is 4.05. The van der Waals surface area contributed by atoms with Gasteiger partial charge in [-0.2, -0.15) is 0 Å². The Kier molecular flexibility index (Phi) is 5.86. The number of aliphatic hydroxyl groups is 2. The maximum absolute atomic E-state index is 10.0. The molecule has 0 unspecified atom stereocenters. The molecule has 3 heteroatoms. The quantitative estimate of drug-likeness (QED) is 0.838. The van der Waals surface area contributed by atoms with Gasteiger partial charge in [-0.3, -0.25) is 0 Å². The van der Waals surface area contributed by atoms with Crippen LogP contribution in [0, 0.1) is 5.92 Å². The minimum Gasteiger partial charge on any atom is -0.493 e. The number of rotatable bonds is 6. The molecule has 112 valence electrons. The molecular weight excluding hydrogens is 252 g/mol. The van der Waals surface area contributed by atoms with Crippen molar-refractivity contribution in [1.29, 1.82) is 0 Å². The predicted octanol–water partition coefficient (Wildman–Crippen LogP) is 3.45. The van der Waals surface area contributed by atoms with Gasteiger partial charge < -0.3 is 14.9 Å². The third kappa shape index (κ3) is 4.50. The lowest BCUT2D eigenvalue weighted by Gasteiger charge is -2.25. The van der Waals surface area contributed by atoms with Gasteiger partial charge in [0.25, 0.3) is 0 Å². The molecule has 0 bridgehead atoms. The average molecular weight is 278 g/mol. The molecule has 1 fully saturated rings. The van der Waals surface area contributed by atoms with E-state index in [1.807, 2.05) is 24.3 Å². The van der Waals surface area contributed by atoms with Gasteiger partial charge in [0, 0.05) is 0 Å². The van der Waals surface area contributed by atoms with E-state index >= 15 is 0 Å². The van der Waals surface area contributed by atoms with E-state index in [0.29, 0.717) is 12.5 Å². The lowest BCUT2D eigenvalue weighted by atomic mass is 9.88. The number of ether oxygens (including phenoxy) is 1.